The zero-order valence-electron chi connectivity index (χ0n) is 10.9. The van der Waals surface area contributed by atoms with Crippen LogP contribution in [0.1, 0.15) is 36.2 Å². The Balaban J connectivity index is 2.89. The van der Waals surface area contributed by atoms with Gasteiger partial charge < -0.3 is 5.32 Å². The van der Waals surface area contributed by atoms with E-state index in [1.165, 1.54) is 0 Å². The minimum atomic E-state index is -4.84. The van der Waals surface area contributed by atoms with Crippen molar-refractivity contribution in [2.75, 3.05) is 0 Å². The summed E-state index contributed by atoms with van der Waals surface area (Å²) < 4.78 is 50.7. The van der Waals surface area contributed by atoms with Crippen LogP contribution in [0.5, 0.6) is 0 Å². The van der Waals surface area contributed by atoms with E-state index in [1.807, 2.05) is 0 Å². The summed E-state index contributed by atoms with van der Waals surface area (Å²) in [5.74, 6) is -2.10. The van der Waals surface area contributed by atoms with Gasteiger partial charge in [-0.25, -0.2) is 4.39 Å². The summed E-state index contributed by atoms with van der Waals surface area (Å²) in [4.78, 5) is 11.8. The third kappa shape index (κ3) is 4.67. The Labute approximate surface area is 119 Å². The standard InChI is InChI=1S/C13H14ClF4NO/c1-7(14)5-8(2)19-12(20)9-3-4-11(15)10(6-9)13(16,17)18/h3-4,6-8H,5H2,1-2H3,(H,19,20). The summed E-state index contributed by atoms with van der Waals surface area (Å²) in [5.41, 5.74) is -1.70. The number of carbonyl (C=O) groups excluding carboxylic acids is 1. The van der Waals surface area contributed by atoms with E-state index in [0.717, 1.165) is 6.07 Å². The zero-order valence-corrected chi connectivity index (χ0v) is 11.6. The predicted octanol–water partition coefficient (Wildman–Crippen LogP) is 3.98. The van der Waals surface area contributed by atoms with Gasteiger partial charge in [-0.05, 0) is 38.5 Å². The van der Waals surface area contributed by atoms with Crippen LogP contribution in [0, 0.1) is 5.82 Å². The van der Waals surface area contributed by atoms with Crippen molar-refractivity contribution in [1.29, 1.82) is 0 Å². The second kappa shape index (κ2) is 6.43. The van der Waals surface area contributed by atoms with E-state index in [2.05, 4.69) is 5.32 Å². The van der Waals surface area contributed by atoms with Crippen molar-refractivity contribution in [3.63, 3.8) is 0 Å². The first-order chi connectivity index (χ1) is 9.11. The quantitative estimate of drug-likeness (QED) is 0.661. The molecule has 2 unspecified atom stereocenters. The van der Waals surface area contributed by atoms with Crippen LogP contribution in [0.15, 0.2) is 18.2 Å². The Morgan fingerprint density at radius 1 is 1.35 bits per heavy atom. The fraction of sp³-hybridized carbons (Fsp3) is 0.462. The van der Waals surface area contributed by atoms with Gasteiger partial charge in [0.25, 0.3) is 5.91 Å². The molecule has 0 aromatic heterocycles. The monoisotopic (exact) mass is 311 g/mol. The van der Waals surface area contributed by atoms with Gasteiger partial charge in [-0.1, -0.05) is 0 Å². The molecule has 1 rings (SSSR count). The van der Waals surface area contributed by atoms with Crippen LogP contribution in [0.2, 0.25) is 0 Å². The van der Waals surface area contributed by atoms with Crippen molar-refractivity contribution in [2.24, 2.45) is 0 Å². The molecule has 0 aliphatic carbocycles. The van der Waals surface area contributed by atoms with Crippen molar-refractivity contribution < 1.29 is 22.4 Å². The summed E-state index contributed by atoms with van der Waals surface area (Å²) >= 11 is 5.76. The number of carbonyl (C=O) groups is 1. The third-order valence-corrected chi connectivity index (χ3v) is 2.77. The van der Waals surface area contributed by atoms with Gasteiger partial charge in [0.05, 0.1) is 5.56 Å². The molecule has 1 aromatic carbocycles. The van der Waals surface area contributed by atoms with Gasteiger partial charge in [0.2, 0.25) is 0 Å². The van der Waals surface area contributed by atoms with Crippen LogP contribution in [0.4, 0.5) is 17.6 Å². The molecule has 0 aliphatic heterocycles. The molecular weight excluding hydrogens is 298 g/mol. The number of benzene rings is 1. The summed E-state index contributed by atoms with van der Waals surface area (Å²) in [6.07, 6.45) is -4.36. The zero-order chi connectivity index (χ0) is 15.5. The van der Waals surface area contributed by atoms with Crippen LogP contribution in [0.25, 0.3) is 0 Å². The second-order valence-corrected chi connectivity index (χ2v) is 5.33. The van der Waals surface area contributed by atoms with E-state index < -0.39 is 23.5 Å². The van der Waals surface area contributed by atoms with Crippen LogP contribution in [-0.2, 0) is 6.18 Å². The maximum absolute atomic E-state index is 13.1. The minimum absolute atomic E-state index is 0.177. The highest BCUT2D eigenvalue weighted by Gasteiger charge is 2.34. The highest BCUT2D eigenvalue weighted by Crippen LogP contribution is 2.31. The second-order valence-electron chi connectivity index (χ2n) is 4.58. The van der Waals surface area contributed by atoms with Gasteiger partial charge in [-0.3, -0.25) is 4.79 Å². The third-order valence-electron chi connectivity index (χ3n) is 2.59. The van der Waals surface area contributed by atoms with E-state index in [1.54, 1.807) is 13.8 Å². The first-order valence-corrected chi connectivity index (χ1v) is 6.36. The number of nitrogens with one attached hydrogen (secondary N) is 1. The van der Waals surface area contributed by atoms with Gasteiger partial charge in [0, 0.05) is 17.0 Å². The normalized spacial score (nSPS) is 14.8. The van der Waals surface area contributed by atoms with Crippen LogP contribution in [-0.4, -0.2) is 17.3 Å². The number of amides is 1. The van der Waals surface area contributed by atoms with Crippen LogP contribution < -0.4 is 5.32 Å². The molecular formula is C13H14ClF4NO. The molecule has 1 amide bonds. The maximum Gasteiger partial charge on any atom is 0.419 e. The van der Waals surface area contributed by atoms with Crippen molar-refractivity contribution in [3.05, 3.63) is 35.1 Å². The lowest BCUT2D eigenvalue weighted by Crippen LogP contribution is -2.34. The number of hydrogen-bond donors (Lipinski definition) is 1. The molecule has 7 heteroatoms. The minimum Gasteiger partial charge on any atom is -0.350 e. The van der Waals surface area contributed by atoms with Crippen molar-refractivity contribution in [1.82, 2.24) is 5.32 Å². The Morgan fingerprint density at radius 3 is 2.45 bits per heavy atom. The van der Waals surface area contributed by atoms with Crippen LogP contribution in [0.3, 0.4) is 0 Å². The average molecular weight is 312 g/mol. The SMILES string of the molecule is CC(Cl)CC(C)NC(=O)c1ccc(F)c(C(F)(F)F)c1. The smallest absolute Gasteiger partial charge is 0.350 e. The Bertz CT molecular complexity index is 488. The lowest BCUT2D eigenvalue weighted by molar-refractivity contribution is -0.140. The molecule has 0 aliphatic rings. The first-order valence-electron chi connectivity index (χ1n) is 5.93. The largest absolute Gasteiger partial charge is 0.419 e. The Morgan fingerprint density at radius 2 is 1.95 bits per heavy atom. The van der Waals surface area contributed by atoms with Gasteiger partial charge >= 0.3 is 6.18 Å². The van der Waals surface area contributed by atoms with Crippen molar-refractivity contribution in [2.45, 2.75) is 37.9 Å². The molecule has 0 spiro atoms. The van der Waals surface area contributed by atoms with E-state index in [-0.39, 0.29) is 17.0 Å². The Hall–Kier alpha value is -1.30. The molecule has 0 heterocycles. The van der Waals surface area contributed by atoms with Crippen molar-refractivity contribution >= 4 is 17.5 Å². The van der Waals surface area contributed by atoms with E-state index in [0.29, 0.717) is 18.6 Å². The molecule has 1 aromatic rings. The lowest BCUT2D eigenvalue weighted by atomic mass is 10.1. The van der Waals surface area contributed by atoms with Gasteiger partial charge in [0.1, 0.15) is 5.82 Å². The van der Waals surface area contributed by atoms with Crippen LogP contribution >= 0.6 is 11.6 Å². The molecule has 20 heavy (non-hydrogen) atoms. The summed E-state index contributed by atoms with van der Waals surface area (Å²) in [5, 5.41) is 2.34. The molecule has 112 valence electrons. The highest BCUT2D eigenvalue weighted by molar-refractivity contribution is 6.20. The number of hydrogen-bond acceptors (Lipinski definition) is 1. The fourth-order valence-electron chi connectivity index (χ4n) is 1.74. The fourth-order valence-corrected chi connectivity index (χ4v) is 2.00. The molecule has 2 atom stereocenters. The molecule has 0 saturated carbocycles. The Kier molecular flexibility index (Phi) is 5.39. The summed E-state index contributed by atoms with van der Waals surface area (Å²) in [6.45, 7) is 3.43. The maximum atomic E-state index is 13.1. The summed E-state index contributed by atoms with van der Waals surface area (Å²) in [7, 11) is 0. The topological polar surface area (TPSA) is 29.1 Å². The van der Waals surface area contributed by atoms with Crippen molar-refractivity contribution in [3.8, 4) is 0 Å². The predicted molar refractivity (Wildman–Crippen MR) is 68.3 cm³/mol. The van der Waals surface area contributed by atoms with Gasteiger partial charge in [-0.15, -0.1) is 11.6 Å². The van der Waals surface area contributed by atoms with Gasteiger partial charge in [-0.2, -0.15) is 13.2 Å². The summed E-state index contributed by atoms with van der Waals surface area (Å²) in [6, 6.07) is 1.85. The molecule has 0 fully saturated rings. The van der Waals surface area contributed by atoms with E-state index >= 15 is 0 Å². The van der Waals surface area contributed by atoms with Gasteiger partial charge in [0.15, 0.2) is 0 Å². The number of rotatable bonds is 4. The number of alkyl halides is 4. The van der Waals surface area contributed by atoms with E-state index in [9.17, 15) is 22.4 Å². The molecule has 2 nitrogen and oxygen atoms in total. The lowest BCUT2D eigenvalue weighted by Gasteiger charge is -2.16. The molecule has 0 bridgehead atoms. The highest BCUT2D eigenvalue weighted by atomic mass is 35.5. The number of halogens is 5. The average Bonchev–Trinajstić information content (AvgIpc) is 2.26. The molecule has 0 saturated heterocycles. The van der Waals surface area contributed by atoms with E-state index in [4.69, 9.17) is 11.6 Å². The molecule has 1 N–H and O–H groups in total. The first kappa shape index (κ1) is 16.8. The molecule has 0 radical (unpaired) electrons.